The van der Waals surface area contributed by atoms with Gasteiger partial charge in [0.1, 0.15) is 11.1 Å². The number of ketones is 1. The van der Waals surface area contributed by atoms with Gasteiger partial charge >= 0.3 is 0 Å². The molecule has 3 atom stereocenters. The van der Waals surface area contributed by atoms with Crippen LogP contribution in [0, 0.1) is 11.9 Å². The number of methoxy groups -OCH3 is 1. The first kappa shape index (κ1) is 33.9. The molecule has 0 unspecified atom stereocenters. The molecule has 4 N–H and O–H groups in total. The summed E-state index contributed by atoms with van der Waals surface area (Å²) in [7, 11) is 1.53. The van der Waals surface area contributed by atoms with Gasteiger partial charge in [-0.25, -0.2) is 0 Å². The van der Waals surface area contributed by atoms with E-state index in [0.29, 0.717) is 33.5 Å². The maximum absolute atomic E-state index is 12.9. The van der Waals surface area contributed by atoms with E-state index in [0.717, 1.165) is 43.2 Å². The highest BCUT2D eigenvalue weighted by molar-refractivity contribution is 7.18. The van der Waals surface area contributed by atoms with Crippen LogP contribution in [0.1, 0.15) is 29.5 Å². The Balaban J connectivity index is 0.000000188. The molecule has 0 bridgehead atoms. The Hall–Kier alpha value is -5.01. The number of ether oxygens (including phenoxy) is 1. The van der Waals surface area contributed by atoms with E-state index in [9.17, 15) is 13.6 Å². The number of nitrogens with one attached hydrogen (secondary N) is 2. The molecule has 5 aromatic rings. The topological polar surface area (TPSA) is 186 Å². The Labute approximate surface area is 288 Å². The van der Waals surface area contributed by atoms with Gasteiger partial charge in [-0.05, 0) is 42.7 Å². The predicted molar refractivity (Wildman–Crippen MR) is 182 cm³/mol. The SMILES string of the molecule is CO[C@H](C(=O)Cc1nnc(N[C@@H]2CCN(c3ccc(F)nn3)C2)s1)c1ccccc1.Nc1nnc(N[C@@H]2CCN(c3ccc(F)nn3)C2)s1. The number of nitrogen functional groups attached to an aromatic ring is 1. The first-order valence-electron chi connectivity index (χ1n) is 15.4. The summed E-state index contributed by atoms with van der Waals surface area (Å²) in [6.45, 7) is 3.09. The van der Waals surface area contributed by atoms with Crippen LogP contribution in [0.3, 0.4) is 0 Å². The van der Waals surface area contributed by atoms with Crippen molar-refractivity contribution in [3.8, 4) is 0 Å². The standard InChI is InChI=1S/C20H21FN6O2S.C10H12FN7S/c1-29-19(13-5-3-2-4-6-13)15(28)11-18-25-26-20(30-18)22-14-9-10-27(12-14)17-8-7-16(21)23-24-17;11-7-1-2-8(15-14-7)18-4-3-6(5-18)13-10-17-16-9(12)19-10/h2-8,14,19H,9-12H2,1H3,(H,22,26);1-2,6H,3-5H2,(H2,12,16)(H,13,17)/t14-,19+;6-/m11/s1. The number of rotatable bonds is 11. The number of aromatic nitrogens is 8. The van der Waals surface area contributed by atoms with Crippen LogP contribution < -0.4 is 26.2 Å². The van der Waals surface area contributed by atoms with Gasteiger partial charge in [-0.1, -0.05) is 53.0 Å². The van der Waals surface area contributed by atoms with Crippen LogP contribution >= 0.6 is 22.7 Å². The molecule has 0 saturated carbocycles. The van der Waals surface area contributed by atoms with Gasteiger partial charge in [0.15, 0.2) is 17.4 Å². The fourth-order valence-corrected chi connectivity index (χ4v) is 6.89. The highest BCUT2D eigenvalue weighted by Crippen LogP contribution is 2.26. The van der Waals surface area contributed by atoms with Crippen molar-refractivity contribution >= 4 is 55.5 Å². The molecule has 4 aromatic heterocycles. The van der Waals surface area contributed by atoms with E-state index in [-0.39, 0.29) is 24.3 Å². The molecule has 2 aliphatic heterocycles. The van der Waals surface area contributed by atoms with Gasteiger partial charge in [-0.2, -0.15) is 8.78 Å². The second-order valence-corrected chi connectivity index (χ2v) is 13.3. The van der Waals surface area contributed by atoms with E-state index < -0.39 is 18.0 Å². The Bertz CT molecular complexity index is 1800. The first-order chi connectivity index (χ1) is 23.8. The Kier molecular flexibility index (Phi) is 11.0. The van der Waals surface area contributed by atoms with E-state index in [2.05, 4.69) is 56.3 Å². The van der Waals surface area contributed by atoms with E-state index in [4.69, 9.17) is 10.5 Å². The van der Waals surface area contributed by atoms with Crippen LogP contribution in [0.15, 0.2) is 54.6 Å². The zero-order valence-electron chi connectivity index (χ0n) is 26.3. The van der Waals surface area contributed by atoms with E-state index in [1.807, 2.05) is 35.2 Å². The predicted octanol–water partition coefficient (Wildman–Crippen LogP) is 3.40. The maximum Gasteiger partial charge on any atom is 0.233 e. The third-order valence-corrected chi connectivity index (χ3v) is 9.32. The van der Waals surface area contributed by atoms with Crippen molar-refractivity contribution in [2.45, 2.75) is 37.5 Å². The van der Waals surface area contributed by atoms with Crippen molar-refractivity contribution in [1.82, 2.24) is 40.8 Å². The van der Waals surface area contributed by atoms with Gasteiger partial charge in [0.05, 0.1) is 6.42 Å². The quantitative estimate of drug-likeness (QED) is 0.181. The summed E-state index contributed by atoms with van der Waals surface area (Å²) in [5.41, 5.74) is 6.35. The van der Waals surface area contributed by atoms with Gasteiger partial charge in [0.25, 0.3) is 0 Å². The number of nitrogens with zero attached hydrogens (tertiary/aromatic N) is 10. The number of halogens is 2. The lowest BCUT2D eigenvalue weighted by Gasteiger charge is -2.16. The third kappa shape index (κ3) is 9.12. The number of Topliss-reactive ketones (excluding diaryl/α,β-unsaturated/α-hetero) is 1. The molecule has 2 aliphatic rings. The molecular weight excluding hydrogens is 677 g/mol. The smallest absolute Gasteiger partial charge is 0.233 e. The lowest BCUT2D eigenvalue weighted by Crippen LogP contribution is -2.26. The molecular formula is C30H33F2N13O2S2. The van der Waals surface area contributed by atoms with Gasteiger partial charge < -0.3 is 30.9 Å². The lowest BCUT2D eigenvalue weighted by molar-refractivity contribution is -0.128. The zero-order valence-corrected chi connectivity index (χ0v) is 27.9. The molecule has 1 aromatic carbocycles. The van der Waals surface area contributed by atoms with E-state index in [1.54, 1.807) is 12.1 Å². The summed E-state index contributed by atoms with van der Waals surface area (Å²) in [6.07, 6.45) is 1.37. The molecule has 2 fully saturated rings. The molecule has 0 amide bonds. The van der Waals surface area contributed by atoms with Gasteiger partial charge in [-0.15, -0.1) is 40.8 Å². The first-order valence-corrected chi connectivity index (χ1v) is 17.0. The fourth-order valence-electron chi connectivity index (χ4n) is 5.48. The molecule has 2 saturated heterocycles. The largest absolute Gasteiger partial charge is 0.374 e. The molecule has 256 valence electrons. The summed E-state index contributed by atoms with van der Waals surface area (Å²) in [5, 5.41) is 39.7. The minimum Gasteiger partial charge on any atom is -0.374 e. The van der Waals surface area contributed by atoms with Crippen LogP contribution in [0.4, 0.5) is 35.8 Å². The van der Waals surface area contributed by atoms with Gasteiger partial charge in [-0.3, -0.25) is 4.79 Å². The van der Waals surface area contributed by atoms with Crippen molar-refractivity contribution in [3.63, 3.8) is 0 Å². The second-order valence-electron chi connectivity index (χ2n) is 11.2. The van der Waals surface area contributed by atoms with Crippen LogP contribution in [0.2, 0.25) is 0 Å². The molecule has 6 heterocycles. The van der Waals surface area contributed by atoms with Crippen LogP contribution in [-0.4, -0.2) is 91.9 Å². The summed E-state index contributed by atoms with van der Waals surface area (Å²) in [4.78, 5) is 16.8. The van der Waals surface area contributed by atoms with Gasteiger partial charge in [0, 0.05) is 45.4 Å². The van der Waals surface area contributed by atoms with Crippen molar-refractivity contribution in [2.75, 3.05) is 59.5 Å². The van der Waals surface area contributed by atoms with Crippen molar-refractivity contribution in [2.24, 2.45) is 0 Å². The van der Waals surface area contributed by atoms with Crippen LogP contribution in [-0.2, 0) is 16.0 Å². The van der Waals surface area contributed by atoms with Crippen LogP contribution in [0.25, 0.3) is 0 Å². The average Bonchev–Trinajstić information content (AvgIpc) is 3.93. The minimum atomic E-state index is -0.619. The fraction of sp³-hybridized carbons (Fsp3) is 0.367. The van der Waals surface area contributed by atoms with Crippen molar-refractivity contribution in [3.05, 3.63) is 77.1 Å². The molecule has 0 radical (unpaired) electrons. The lowest BCUT2D eigenvalue weighted by atomic mass is 10.0. The highest BCUT2D eigenvalue weighted by atomic mass is 32.1. The van der Waals surface area contributed by atoms with Crippen LogP contribution in [0.5, 0.6) is 0 Å². The van der Waals surface area contributed by atoms with Crippen molar-refractivity contribution in [1.29, 1.82) is 0 Å². The molecule has 15 nitrogen and oxygen atoms in total. The summed E-state index contributed by atoms with van der Waals surface area (Å²) < 4.78 is 31.1. The number of carbonyl (C=O) groups is 1. The Morgan fingerprint density at radius 2 is 1.39 bits per heavy atom. The van der Waals surface area contributed by atoms with E-state index >= 15 is 0 Å². The number of anilines is 5. The normalized spacial score (nSPS) is 17.8. The number of hydrogen-bond donors (Lipinski definition) is 3. The van der Waals surface area contributed by atoms with Crippen molar-refractivity contribution < 1.29 is 18.3 Å². The second kappa shape index (κ2) is 15.9. The monoisotopic (exact) mass is 709 g/mol. The summed E-state index contributed by atoms with van der Waals surface area (Å²) >= 11 is 2.69. The number of hydrogen-bond acceptors (Lipinski definition) is 17. The molecule has 49 heavy (non-hydrogen) atoms. The van der Waals surface area contributed by atoms with E-state index in [1.165, 1.54) is 41.9 Å². The van der Waals surface area contributed by atoms with Gasteiger partial charge in [0.2, 0.25) is 27.3 Å². The molecule has 19 heteroatoms. The highest BCUT2D eigenvalue weighted by Gasteiger charge is 2.27. The summed E-state index contributed by atoms with van der Waals surface area (Å²) in [5.74, 6) is 0.111. The Morgan fingerprint density at radius 1 is 0.816 bits per heavy atom. The number of carbonyl (C=O) groups excluding carboxylic acids is 1. The third-order valence-electron chi connectivity index (χ3n) is 7.78. The average molecular weight is 710 g/mol. The zero-order chi connectivity index (χ0) is 34.2. The molecule has 0 aliphatic carbocycles. The minimum absolute atomic E-state index is 0.0617. The molecule has 7 rings (SSSR count). The molecule has 0 spiro atoms. The summed E-state index contributed by atoms with van der Waals surface area (Å²) in [6, 6.07) is 15.7. The maximum atomic E-state index is 12.9. The number of benzene rings is 1. The Morgan fingerprint density at radius 3 is 1.90 bits per heavy atom. The number of nitrogens with two attached hydrogens (primary N) is 1.